The molecular formula is C19H18F4N2O2S. The Morgan fingerprint density at radius 2 is 1.75 bits per heavy atom. The van der Waals surface area contributed by atoms with Crippen molar-refractivity contribution in [2.75, 3.05) is 10.0 Å². The lowest BCUT2D eigenvalue weighted by Crippen LogP contribution is -2.30. The first-order chi connectivity index (χ1) is 13.1. The van der Waals surface area contributed by atoms with Crippen LogP contribution in [0.15, 0.2) is 36.9 Å². The van der Waals surface area contributed by atoms with Gasteiger partial charge in [0.15, 0.2) is 17.5 Å². The number of rotatable bonds is 7. The molecule has 0 radical (unpaired) electrons. The molecule has 2 aromatic rings. The van der Waals surface area contributed by atoms with E-state index < -0.39 is 49.4 Å². The molecule has 0 aliphatic heterocycles. The second-order valence-corrected chi connectivity index (χ2v) is 8.87. The lowest BCUT2D eigenvalue weighted by atomic mass is 10.2. The Morgan fingerprint density at radius 3 is 2.32 bits per heavy atom. The van der Waals surface area contributed by atoms with Gasteiger partial charge in [-0.2, -0.15) is 0 Å². The lowest BCUT2D eigenvalue weighted by molar-refractivity contribution is 0.499. The molecule has 0 aromatic heterocycles. The van der Waals surface area contributed by atoms with E-state index in [1.807, 2.05) is 4.72 Å². The summed E-state index contributed by atoms with van der Waals surface area (Å²) in [4.78, 5) is 0. The number of allylic oxidation sites excluding steroid dienone is 1. The fourth-order valence-corrected chi connectivity index (χ4v) is 4.56. The van der Waals surface area contributed by atoms with Gasteiger partial charge in [-0.05, 0) is 43.9 Å². The monoisotopic (exact) mass is 414 g/mol. The molecule has 28 heavy (non-hydrogen) atoms. The van der Waals surface area contributed by atoms with Gasteiger partial charge < -0.3 is 5.32 Å². The second-order valence-electron chi connectivity index (χ2n) is 6.79. The highest BCUT2D eigenvalue weighted by Gasteiger charge is 2.54. The second kappa shape index (κ2) is 7.12. The first kappa shape index (κ1) is 20.2. The molecule has 0 heterocycles. The van der Waals surface area contributed by atoms with Crippen molar-refractivity contribution < 1.29 is 26.0 Å². The largest absolute Gasteiger partial charge is 0.349 e. The molecule has 1 aliphatic carbocycles. The normalized spacial score (nSPS) is 15.2. The van der Waals surface area contributed by atoms with E-state index in [2.05, 4.69) is 11.9 Å². The van der Waals surface area contributed by atoms with Crippen molar-refractivity contribution in [2.45, 2.75) is 30.9 Å². The Kier molecular flexibility index (Phi) is 5.14. The Balaban J connectivity index is 2.06. The fraction of sp³-hybridized carbons (Fsp3) is 0.263. The highest BCUT2D eigenvalue weighted by atomic mass is 32.2. The van der Waals surface area contributed by atoms with Crippen molar-refractivity contribution in [1.82, 2.24) is 0 Å². The zero-order chi connectivity index (χ0) is 20.7. The van der Waals surface area contributed by atoms with E-state index in [0.717, 1.165) is 6.07 Å². The fourth-order valence-electron chi connectivity index (χ4n) is 2.90. The number of hydrogen-bond acceptors (Lipinski definition) is 3. The Labute approximate surface area is 160 Å². The van der Waals surface area contributed by atoms with E-state index in [9.17, 15) is 26.0 Å². The van der Waals surface area contributed by atoms with Gasteiger partial charge in [-0.3, -0.25) is 4.72 Å². The number of halogens is 4. The van der Waals surface area contributed by atoms with Gasteiger partial charge in [-0.25, -0.2) is 26.0 Å². The highest BCUT2D eigenvalue weighted by molar-refractivity contribution is 7.94. The predicted molar refractivity (Wildman–Crippen MR) is 100 cm³/mol. The first-order valence-corrected chi connectivity index (χ1v) is 9.92. The average Bonchev–Trinajstić information content (AvgIpc) is 3.39. The zero-order valence-corrected chi connectivity index (χ0v) is 15.8. The van der Waals surface area contributed by atoms with Crippen molar-refractivity contribution in [3.05, 3.63) is 65.8 Å². The minimum Gasteiger partial charge on any atom is -0.349 e. The van der Waals surface area contributed by atoms with E-state index >= 15 is 0 Å². The molecule has 0 atom stereocenters. The Hall–Kier alpha value is -2.55. The Bertz CT molecular complexity index is 1050. The minimum atomic E-state index is -4.13. The molecule has 0 spiro atoms. The van der Waals surface area contributed by atoms with Crippen molar-refractivity contribution in [3.8, 4) is 0 Å². The van der Waals surface area contributed by atoms with E-state index in [1.54, 1.807) is 6.92 Å². The number of hydrogen-bond donors (Lipinski definition) is 2. The summed E-state index contributed by atoms with van der Waals surface area (Å²) in [5.74, 6) is -5.19. The van der Waals surface area contributed by atoms with Gasteiger partial charge in [0.2, 0.25) is 10.0 Å². The number of benzene rings is 2. The molecule has 1 fully saturated rings. The summed E-state index contributed by atoms with van der Waals surface area (Å²) in [6.45, 7) is 5.14. The number of nitrogens with one attached hydrogen (secondary N) is 2. The molecular weight excluding hydrogens is 396 g/mol. The van der Waals surface area contributed by atoms with Crippen LogP contribution in [0, 0.1) is 30.2 Å². The van der Waals surface area contributed by atoms with Crippen LogP contribution in [0.1, 0.15) is 24.8 Å². The number of aryl methyl sites for hydroxylation is 1. The van der Waals surface area contributed by atoms with Gasteiger partial charge in [-0.15, -0.1) is 6.58 Å². The lowest BCUT2D eigenvalue weighted by Gasteiger charge is -2.20. The van der Waals surface area contributed by atoms with E-state index in [0.29, 0.717) is 18.4 Å². The van der Waals surface area contributed by atoms with Crippen molar-refractivity contribution >= 4 is 27.1 Å². The number of anilines is 3. The van der Waals surface area contributed by atoms with Crippen LogP contribution in [0.25, 0.3) is 0 Å². The van der Waals surface area contributed by atoms with Gasteiger partial charge in [0.1, 0.15) is 17.2 Å². The third-order valence-electron chi connectivity index (χ3n) is 4.69. The molecule has 4 nitrogen and oxygen atoms in total. The average molecular weight is 414 g/mol. The van der Waals surface area contributed by atoms with Crippen LogP contribution in [0.2, 0.25) is 0 Å². The molecule has 150 valence electrons. The molecule has 3 rings (SSSR count). The summed E-state index contributed by atoms with van der Waals surface area (Å²) in [6, 6.07) is 4.14. The van der Waals surface area contributed by atoms with Gasteiger partial charge >= 0.3 is 0 Å². The van der Waals surface area contributed by atoms with Crippen molar-refractivity contribution in [3.63, 3.8) is 0 Å². The molecule has 0 unspecified atom stereocenters. The standard InChI is InChI=1S/C19H18F4N2O2S/c1-3-6-19(7-8-19)28(26,27)25-17-14(22)10-13(21)16(23)18(17)24-15-5-4-11(2)9-12(15)20/h3-5,9-10,24-25H,1,6-8H2,2H3. The maximum atomic E-state index is 14.4. The van der Waals surface area contributed by atoms with E-state index in [1.165, 1.54) is 18.2 Å². The minimum absolute atomic E-state index is 0.128. The zero-order valence-electron chi connectivity index (χ0n) is 15.0. The van der Waals surface area contributed by atoms with Crippen molar-refractivity contribution in [1.29, 1.82) is 0 Å². The van der Waals surface area contributed by atoms with Gasteiger partial charge in [-0.1, -0.05) is 12.1 Å². The van der Waals surface area contributed by atoms with Gasteiger partial charge in [0, 0.05) is 6.07 Å². The summed E-state index contributed by atoms with van der Waals surface area (Å²) < 4.78 is 82.9. The van der Waals surface area contributed by atoms with Crippen LogP contribution < -0.4 is 10.0 Å². The summed E-state index contributed by atoms with van der Waals surface area (Å²) in [5, 5.41) is 2.27. The summed E-state index contributed by atoms with van der Waals surface area (Å²) in [6.07, 6.45) is 2.21. The first-order valence-electron chi connectivity index (χ1n) is 8.44. The quantitative estimate of drug-likeness (QED) is 0.374. The molecule has 2 aromatic carbocycles. The van der Waals surface area contributed by atoms with Crippen LogP contribution in [0.4, 0.5) is 34.6 Å². The third-order valence-corrected chi connectivity index (χ3v) is 6.87. The maximum Gasteiger partial charge on any atom is 0.238 e. The maximum absolute atomic E-state index is 14.4. The number of sulfonamides is 1. The molecule has 0 amide bonds. The van der Waals surface area contributed by atoms with Crippen LogP contribution in [0.3, 0.4) is 0 Å². The summed E-state index contributed by atoms with van der Waals surface area (Å²) in [7, 11) is -4.13. The van der Waals surface area contributed by atoms with Crippen LogP contribution in [0.5, 0.6) is 0 Å². The van der Waals surface area contributed by atoms with E-state index in [4.69, 9.17) is 0 Å². The SMILES string of the molecule is C=CCC1(S(=O)(=O)Nc2c(F)cc(F)c(F)c2Nc2ccc(C)cc2F)CC1. The molecule has 2 N–H and O–H groups in total. The summed E-state index contributed by atoms with van der Waals surface area (Å²) in [5.41, 5.74) is -1.33. The molecule has 1 aliphatic rings. The third kappa shape index (κ3) is 3.58. The van der Waals surface area contributed by atoms with Crippen LogP contribution in [-0.2, 0) is 10.0 Å². The van der Waals surface area contributed by atoms with Crippen LogP contribution in [-0.4, -0.2) is 13.2 Å². The summed E-state index contributed by atoms with van der Waals surface area (Å²) >= 11 is 0. The van der Waals surface area contributed by atoms with Gasteiger partial charge in [0.25, 0.3) is 0 Å². The highest BCUT2D eigenvalue weighted by Crippen LogP contribution is 2.48. The predicted octanol–water partition coefficient (Wildman–Crippen LogP) is 5.15. The molecule has 1 saturated carbocycles. The topological polar surface area (TPSA) is 58.2 Å². The molecule has 9 heteroatoms. The van der Waals surface area contributed by atoms with E-state index in [-0.39, 0.29) is 18.2 Å². The molecule has 0 bridgehead atoms. The molecule has 0 saturated heterocycles. The van der Waals surface area contributed by atoms with Crippen LogP contribution >= 0.6 is 0 Å². The smallest absolute Gasteiger partial charge is 0.238 e. The van der Waals surface area contributed by atoms with Gasteiger partial charge in [0.05, 0.1) is 10.4 Å². The van der Waals surface area contributed by atoms with Crippen molar-refractivity contribution in [2.24, 2.45) is 0 Å². The Morgan fingerprint density at radius 1 is 1.07 bits per heavy atom.